The van der Waals surface area contributed by atoms with E-state index in [1.807, 2.05) is 11.4 Å². The third-order valence-electron chi connectivity index (χ3n) is 4.52. The predicted molar refractivity (Wildman–Crippen MR) is 96.9 cm³/mol. The van der Waals surface area contributed by atoms with E-state index in [1.165, 1.54) is 16.5 Å². The Bertz CT molecular complexity index is 756. The molecule has 3 rings (SSSR count). The smallest absolute Gasteiger partial charge is 0.241 e. The molecule has 1 fully saturated rings. The zero-order valence-corrected chi connectivity index (χ0v) is 14.7. The molecule has 1 aromatic heterocycles. The summed E-state index contributed by atoms with van der Waals surface area (Å²) in [5, 5.41) is 13.0. The maximum absolute atomic E-state index is 14.2. The van der Waals surface area contributed by atoms with Crippen molar-refractivity contribution in [3.63, 3.8) is 0 Å². The zero-order chi connectivity index (χ0) is 17.6. The molecule has 0 radical (unpaired) electrons. The van der Waals surface area contributed by atoms with E-state index in [0.29, 0.717) is 0 Å². The Labute approximate surface area is 151 Å². The number of likely N-dealkylation sites (tertiary alicyclic amines) is 1. The van der Waals surface area contributed by atoms with Crippen LogP contribution in [0.2, 0.25) is 0 Å². The number of hydrogen-bond acceptors (Lipinski definition) is 4. The van der Waals surface area contributed by atoms with Gasteiger partial charge in [-0.15, -0.1) is 0 Å². The number of hydrogen-bond donors (Lipinski definition) is 0. The monoisotopic (exact) mass is 357 g/mol. The van der Waals surface area contributed by atoms with Gasteiger partial charge in [0.05, 0.1) is 24.7 Å². The molecule has 1 saturated heterocycles. The van der Waals surface area contributed by atoms with Crippen molar-refractivity contribution >= 4 is 22.9 Å². The van der Waals surface area contributed by atoms with E-state index < -0.39 is 5.82 Å². The fraction of sp³-hybridized carbons (Fsp3) is 0.368. The molecule has 0 saturated carbocycles. The van der Waals surface area contributed by atoms with Crippen LogP contribution in [0.1, 0.15) is 30.9 Å². The van der Waals surface area contributed by atoms with Crippen molar-refractivity contribution in [3.05, 3.63) is 52.5 Å². The van der Waals surface area contributed by atoms with E-state index in [2.05, 4.69) is 16.3 Å². The first kappa shape index (κ1) is 17.6. The number of amides is 1. The fourth-order valence-electron chi connectivity index (χ4n) is 3.33. The van der Waals surface area contributed by atoms with E-state index >= 15 is 0 Å². The van der Waals surface area contributed by atoms with Gasteiger partial charge in [-0.25, -0.2) is 4.39 Å². The van der Waals surface area contributed by atoms with Crippen molar-refractivity contribution in [2.75, 3.05) is 24.5 Å². The quantitative estimate of drug-likeness (QED) is 0.786. The van der Waals surface area contributed by atoms with E-state index in [9.17, 15) is 9.18 Å². The molecule has 0 bridgehead atoms. The van der Waals surface area contributed by atoms with E-state index in [4.69, 9.17) is 5.26 Å². The molecular formula is C19H20FN3OS. The number of anilines is 1. The van der Waals surface area contributed by atoms with Crippen LogP contribution in [0.5, 0.6) is 0 Å². The van der Waals surface area contributed by atoms with Gasteiger partial charge in [-0.3, -0.25) is 9.69 Å². The highest BCUT2D eigenvalue weighted by atomic mass is 32.1. The summed E-state index contributed by atoms with van der Waals surface area (Å²) in [6.07, 6.45) is 2.25. The van der Waals surface area contributed by atoms with Crippen molar-refractivity contribution in [3.8, 4) is 6.07 Å². The van der Waals surface area contributed by atoms with E-state index in [-0.39, 0.29) is 37.1 Å². The van der Waals surface area contributed by atoms with Crippen molar-refractivity contribution < 1.29 is 9.18 Å². The predicted octanol–water partition coefficient (Wildman–Crippen LogP) is 3.97. The second-order valence-corrected chi connectivity index (χ2v) is 6.87. The Morgan fingerprint density at radius 1 is 1.40 bits per heavy atom. The second kappa shape index (κ2) is 8.24. The summed E-state index contributed by atoms with van der Waals surface area (Å²) in [7, 11) is 0. The van der Waals surface area contributed by atoms with Crippen molar-refractivity contribution in [2.45, 2.75) is 25.3 Å². The lowest BCUT2D eigenvalue weighted by Crippen LogP contribution is -2.41. The minimum atomic E-state index is -0.440. The molecular weight excluding hydrogens is 337 g/mol. The molecule has 1 aromatic carbocycles. The van der Waals surface area contributed by atoms with Crippen LogP contribution < -0.4 is 4.90 Å². The molecule has 1 atom stereocenters. The standard InChI is InChI=1S/C19H20FN3OS/c20-16-5-1-2-6-18(16)23(11-4-9-21)19(24)13-22-10-3-7-17(22)15-8-12-25-14-15/h1-2,5-6,8,12,14,17H,3-4,7,10-11,13H2/t17-/m1/s1. The Morgan fingerprint density at radius 3 is 2.96 bits per heavy atom. The lowest BCUT2D eigenvalue weighted by Gasteiger charge is -2.28. The first-order chi connectivity index (χ1) is 12.2. The Hall–Kier alpha value is -2.23. The normalized spacial score (nSPS) is 17.4. The molecule has 130 valence electrons. The first-order valence-corrected chi connectivity index (χ1v) is 9.33. The third kappa shape index (κ3) is 4.06. The number of halogens is 1. The summed E-state index contributed by atoms with van der Waals surface area (Å²) in [6.45, 7) is 1.29. The molecule has 2 heterocycles. The largest absolute Gasteiger partial charge is 0.308 e. The average molecular weight is 357 g/mol. The van der Waals surface area contributed by atoms with Gasteiger partial charge in [0.15, 0.2) is 0 Å². The van der Waals surface area contributed by atoms with Gasteiger partial charge in [-0.1, -0.05) is 12.1 Å². The summed E-state index contributed by atoms with van der Waals surface area (Å²) >= 11 is 1.66. The molecule has 1 aliphatic rings. The summed E-state index contributed by atoms with van der Waals surface area (Å²) in [6, 6.07) is 10.6. The highest BCUT2D eigenvalue weighted by Crippen LogP contribution is 2.33. The molecule has 1 amide bonds. The molecule has 0 unspecified atom stereocenters. The highest BCUT2D eigenvalue weighted by molar-refractivity contribution is 7.07. The maximum atomic E-state index is 14.2. The molecule has 1 aliphatic heterocycles. The van der Waals surface area contributed by atoms with Gasteiger partial charge in [0, 0.05) is 12.6 Å². The van der Waals surface area contributed by atoms with Crippen LogP contribution in [0.25, 0.3) is 0 Å². The lowest BCUT2D eigenvalue weighted by atomic mass is 10.1. The Kier molecular flexibility index (Phi) is 5.79. The van der Waals surface area contributed by atoms with Crippen LogP contribution in [0.4, 0.5) is 10.1 Å². The first-order valence-electron chi connectivity index (χ1n) is 8.38. The lowest BCUT2D eigenvalue weighted by molar-refractivity contribution is -0.120. The van der Waals surface area contributed by atoms with Crippen molar-refractivity contribution in [1.29, 1.82) is 5.26 Å². The van der Waals surface area contributed by atoms with Crippen LogP contribution in [0.3, 0.4) is 0 Å². The molecule has 0 aliphatic carbocycles. The summed E-state index contributed by atoms with van der Waals surface area (Å²) in [5.41, 5.74) is 1.48. The second-order valence-electron chi connectivity index (χ2n) is 6.09. The number of carbonyl (C=O) groups excluding carboxylic acids is 1. The molecule has 4 nitrogen and oxygen atoms in total. The number of benzene rings is 1. The zero-order valence-electron chi connectivity index (χ0n) is 13.9. The highest BCUT2D eigenvalue weighted by Gasteiger charge is 2.30. The van der Waals surface area contributed by atoms with Gasteiger partial charge >= 0.3 is 0 Å². The van der Waals surface area contributed by atoms with Crippen LogP contribution >= 0.6 is 11.3 Å². The number of rotatable bonds is 6. The number of carbonyl (C=O) groups is 1. The summed E-state index contributed by atoms with van der Waals surface area (Å²) < 4.78 is 14.2. The molecule has 0 spiro atoms. The number of thiophene rings is 1. The van der Waals surface area contributed by atoms with E-state index in [1.54, 1.807) is 29.5 Å². The van der Waals surface area contributed by atoms with Crippen molar-refractivity contribution in [2.24, 2.45) is 0 Å². The molecule has 0 N–H and O–H groups in total. The third-order valence-corrected chi connectivity index (χ3v) is 5.22. The van der Waals surface area contributed by atoms with Crippen molar-refractivity contribution in [1.82, 2.24) is 4.90 Å². The summed E-state index contributed by atoms with van der Waals surface area (Å²) in [4.78, 5) is 16.4. The van der Waals surface area contributed by atoms with Gasteiger partial charge in [0.2, 0.25) is 5.91 Å². The number of nitriles is 1. The summed E-state index contributed by atoms with van der Waals surface area (Å²) in [5.74, 6) is -0.605. The number of nitrogens with zero attached hydrogens (tertiary/aromatic N) is 3. The van der Waals surface area contributed by atoms with E-state index in [0.717, 1.165) is 19.4 Å². The van der Waals surface area contributed by atoms with Gasteiger partial charge in [0.1, 0.15) is 5.82 Å². The van der Waals surface area contributed by atoms with Gasteiger partial charge in [0.25, 0.3) is 0 Å². The van der Waals surface area contributed by atoms with Gasteiger partial charge < -0.3 is 4.90 Å². The molecule has 6 heteroatoms. The number of para-hydroxylation sites is 1. The van der Waals surface area contributed by atoms with Crippen LogP contribution in [0.15, 0.2) is 41.1 Å². The molecule has 25 heavy (non-hydrogen) atoms. The van der Waals surface area contributed by atoms with Gasteiger partial charge in [-0.05, 0) is 53.9 Å². The average Bonchev–Trinajstić information content (AvgIpc) is 3.28. The van der Waals surface area contributed by atoms with Crippen LogP contribution in [0, 0.1) is 17.1 Å². The molecule has 2 aromatic rings. The van der Waals surface area contributed by atoms with Crippen LogP contribution in [-0.2, 0) is 4.79 Å². The minimum absolute atomic E-state index is 0.164. The Morgan fingerprint density at radius 2 is 2.24 bits per heavy atom. The van der Waals surface area contributed by atoms with Gasteiger partial charge in [-0.2, -0.15) is 16.6 Å². The minimum Gasteiger partial charge on any atom is -0.308 e. The fourth-order valence-corrected chi connectivity index (χ4v) is 4.04. The SMILES string of the molecule is N#CCCN(C(=O)CN1CCC[C@@H]1c1ccsc1)c1ccccc1F. The Balaban J connectivity index is 1.76. The maximum Gasteiger partial charge on any atom is 0.241 e. The topological polar surface area (TPSA) is 47.3 Å². The van der Waals surface area contributed by atoms with Crippen LogP contribution in [-0.4, -0.2) is 30.4 Å².